The van der Waals surface area contributed by atoms with Crippen LogP contribution < -0.4 is 5.32 Å². The molecule has 0 radical (unpaired) electrons. The van der Waals surface area contributed by atoms with Crippen LogP contribution in [0.5, 0.6) is 0 Å². The summed E-state index contributed by atoms with van der Waals surface area (Å²) in [5, 5.41) is 3.99. The lowest BCUT2D eigenvalue weighted by molar-refractivity contribution is 0.0538. The molecule has 1 fully saturated rings. The minimum atomic E-state index is -0.0557. The van der Waals surface area contributed by atoms with Crippen LogP contribution >= 0.6 is 11.6 Å². The van der Waals surface area contributed by atoms with Crippen molar-refractivity contribution in [2.75, 3.05) is 18.5 Å². The van der Waals surface area contributed by atoms with Crippen LogP contribution in [0.3, 0.4) is 0 Å². The molecule has 0 saturated carbocycles. The topological polar surface area (TPSA) is 47.0 Å². The molecule has 0 spiro atoms. The summed E-state index contributed by atoms with van der Waals surface area (Å²) in [5.74, 6) is 0.834. The fourth-order valence-electron chi connectivity index (χ4n) is 2.13. The average molecular weight is 256 g/mol. The number of hydrogen-bond acceptors (Lipinski definition) is 4. The molecule has 0 aromatic carbocycles. The summed E-state index contributed by atoms with van der Waals surface area (Å²) in [4.78, 5) is 8.30. The van der Waals surface area contributed by atoms with Gasteiger partial charge >= 0.3 is 0 Å². The van der Waals surface area contributed by atoms with Crippen molar-refractivity contribution in [1.82, 2.24) is 9.97 Å². The summed E-state index contributed by atoms with van der Waals surface area (Å²) in [6, 6.07) is 0. The molecule has 1 unspecified atom stereocenters. The fourth-order valence-corrected chi connectivity index (χ4v) is 2.40. The number of nitrogens with zero attached hydrogens (tertiary/aromatic N) is 2. The second-order valence-electron chi connectivity index (χ2n) is 4.69. The van der Waals surface area contributed by atoms with E-state index in [4.69, 9.17) is 16.3 Å². The highest BCUT2D eigenvalue weighted by Gasteiger charge is 2.28. The van der Waals surface area contributed by atoms with Crippen LogP contribution in [-0.4, -0.2) is 28.7 Å². The first-order chi connectivity index (χ1) is 8.14. The lowest BCUT2D eigenvalue weighted by Gasteiger charge is -2.35. The second-order valence-corrected chi connectivity index (χ2v) is 5.05. The van der Waals surface area contributed by atoms with Gasteiger partial charge in [-0.2, -0.15) is 0 Å². The molecule has 1 aliphatic rings. The SMILES string of the molecule is CCc1c(Cl)ncnc1NC1(C)CCCOC1. The predicted molar refractivity (Wildman–Crippen MR) is 68.5 cm³/mol. The number of anilines is 1. The van der Waals surface area contributed by atoms with E-state index in [1.165, 1.54) is 6.33 Å². The molecule has 1 N–H and O–H groups in total. The van der Waals surface area contributed by atoms with Crippen molar-refractivity contribution in [3.05, 3.63) is 17.0 Å². The van der Waals surface area contributed by atoms with Gasteiger partial charge in [-0.15, -0.1) is 0 Å². The Morgan fingerprint density at radius 1 is 1.53 bits per heavy atom. The highest BCUT2D eigenvalue weighted by Crippen LogP contribution is 2.27. The molecular formula is C12H18ClN3O. The average Bonchev–Trinajstić information content (AvgIpc) is 2.30. The van der Waals surface area contributed by atoms with E-state index in [0.29, 0.717) is 11.8 Å². The maximum atomic E-state index is 6.07. The van der Waals surface area contributed by atoms with E-state index in [2.05, 4.69) is 29.1 Å². The van der Waals surface area contributed by atoms with Crippen molar-refractivity contribution < 1.29 is 4.74 Å². The summed E-state index contributed by atoms with van der Waals surface area (Å²) in [6.45, 7) is 5.76. The molecule has 0 bridgehead atoms. The zero-order chi connectivity index (χ0) is 12.3. The third-order valence-corrected chi connectivity index (χ3v) is 3.43. The molecule has 0 amide bonds. The Labute approximate surface area is 107 Å². The first kappa shape index (κ1) is 12.6. The first-order valence-electron chi connectivity index (χ1n) is 6.00. The van der Waals surface area contributed by atoms with Gasteiger partial charge in [0.15, 0.2) is 0 Å². The molecule has 0 aliphatic carbocycles. The molecule has 94 valence electrons. The van der Waals surface area contributed by atoms with E-state index in [1.54, 1.807) is 0 Å². The highest BCUT2D eigenvalue weighted by molar-refractivity contribution is 6.30. The summed E-state index contributed by atoms with van der Waals surface area (Å²) in [7, 11) is 0. The summed E-state index contributed by atoms with van der Waals surface area (Å²) < 4.78 is 5.52. The molecular weight excluding hydrogens is 238 g/mol. The number of aromatic nitrogens is 2. The van der Waals surface area contributed by atoms with E-state index < -0.39 is 0 Å². The monoisotopic (exact) mass is 255 g/mol. The number of ether oxygens (including phenoxy) is 1. The molecule has 4 nitrogen and oxygen atoms in total. The lowest BCUT2D eigenvalue weighted by atomic mass is 9.94. The van der Waals surface area contributed by atoms with Gasteiger partial charge in [-0.1, -0.05) is 18.5 Å². The lowest BCUT2D eigenvalue weighted by Crippen LogP contribution is -2.43. The largest absolute Gasteiger partial charge is 0.379 e. The van der Waals surface area contributed by atoms with Crippen LogP contribution in [0.2, 0.25) is 5.15 Å². The van der Waals surface area contributed by atoms with Gasteiger partial charge in [-0.25, -0.2) is 9.97 Å². The van der Waals surface area contributed by atoms with E-state index in [1.807, 2.05) is 0 Å². The Morgan fingerprint density at radius 3 is 3.00 bits per heavy atom. The maximum Gasteiger partial charge on any atom is 0.137 e. The molecule has 2 rings (SSSR count). The van der Waals surface area contributed by atoms with Crippen LogP contribution in [0.4, 0.5) is 5.82 Å². The Morgan fingerprint density at radius 2 is 2.35 bits per heavy atom. The molecule has 1 atom stereocenters. The van der Waals surface area contributed by atoms with Crippen molar-refractivity contribution in [3.63, 3.8) is 0 Å². The smallest absolute Gasteiger partial charge is 0.137 e. The predicted octanol–water partition coefficient (Wildman–Crippen LogP) is 2.67. The zero-order valence-corrected chi connectivity index (χ0v) is 11.0. The van der Waals surface area contributed by atoms with Crippen LogP contribution in [0.15, 0.2) is 6.33 Å². The van der Waals surface area contributed by atoms with Crippen molar-refractivity contribution in [3.8, 4) is 0 Å². The van der Waals surface area contributed by atoms with Gasteiger partial charge in [0.05, 0.1) is 12.1 Å². The van der Waals surface area contributed by atoms with Crippen LogP contribution in [0.1, 0.15) is 32.3 Å². The van der Waals surface area contributed by atoms with E-state index in [-0.39, 0.29) is 5.54 Å². The van der Waals surface area contributed by atoms with Crippen molar-refractivity contribution >= 4 is 17.4 Å². The van der Waals surface area contributed by atoms with Crippen LogP contribution in [0, 0.1) is 0 Å². The summed E-state index contributed by atoms with van der Waals surface area (Å²) in [5.41, 5.74) is 0.917. The molecule has 1 aromatic rings. The number of nitrogens with one attached hydrogen (secondary N) is 1. The molecule has 2 heterocycles. The molecule has 1 saturated heterocycles. The van der Waals surface area contributed by atoms with E-state index in [9.17, 15) is 0 Å². The van der Waals surface area contributed by atoms with Crippen LogP contribution in [-0.2, 0) is 11.2 Å². The van der Waals surface area contributed by atoms with Gasteiger partial charge in [0.2, 0.25) is 0 Å². The summed E-state index contributed by atoms with van der Waals surface area (Å²) >= 11 is 6.07. The first-order valence-corrected chi connectivity index (χ1v) is 6.38. The molecule has 1 aromatic heterocycles. The Balaban J connectivity index is 2.20. The quantitative estimate of drug-likeness (QED) is 0.844. The van der Waals surface area contributed by atoms with Gasteiger partial charge in [-0.3, -0.25) is 0 Å². The van der Waals surface area contributed by atoms with Crippen molar-refractivity contribution in [1.29, 1.82) is 0 Å². The molecule has 17 heavy (non-hydrogen) atoms. The Kier molecular flexibility index (Phi) is 3.84. The van der Waals surface area contributed by atoms with Crippen molar-refractivity contribution in [2.24, 2.45) is 0 Å². The standard InChI is InChI=1S/C12H18ClN3O/c1-3-9-10(13)14-8-15-11(9)16-12(2)5-4-6-17-7-12/h8H,3-7H2,1-2H3,(H,14,15,16). The minimum absolute atomic E-state index is 0.0557. The Hall–Kier alpha value is -0.870. The third-order valence-electron chi connectivity index (χ3n) is 3.10. The number of rotatable bonds is 3. The van der Waals surface area contributed by atoms with Crippen LogP contribution in [0.25, 0.3) is 0 Å². The van der Waals surface area contributed by atoms with Gasteiger partial charge in [0.25, 0.3) is 0 Å². The van der Waals surface area contributed by atoms with Gasteiger partial charge in [0.1, 0.15) is 17.3 Å². The third kappa shape index (κ3) is 2.87. The van der Waals surface area contributed by atoms with E-state index >= 15 is 0 Å². The van der Waals surface area contributed by atoms with Crippen molar-refractivity contribution in [2.45, 2.75) is 38.6 Å². The number of hydrogen-bond donors (Lipinski definition) is 1. The summed E-state index contributed by atoms with van der Waals surface area (Å²) in [6.07, 6.45) is 4.47. The second kappa shape index (κ2) is 5.19. The Bertz CT molecular complexity index is 391. The van der Waals surface area contributed by atoms with Gasteiger partial charge < -0.3 is 10.1 Å². The number of halogens is 1. The minimum Gasteiger partial charge on any atom is -0.379 e. The zero-order valence-electron chi connectivity index (χ0n) is 10.3. The van der Waals surface area contributed by atoms with Gasteiger partial charge in [-0.05, 0) is 26.2 Å². The maximum absolute atomic E-state index is 6.07. The molecule has 5 heteroatoms. The van der Waals surface area contributed by atoms with E-state index in [0.717, 1.165) is 37.3 Å². The van der Waals surface area contributed by atoms with Gasteiger partial charge in [0, 0.05) is 12.2 Å². The molecule has 1 aliphatic heterocycles. The fraction of sp³-hybridized carbons (Fsp3) is 0.667. The normalized spacial score (nSPS) is 24.6. The highest BCUT2D eigenvalue weighted by atomic mass is 35.5.